The molecular weight excluding hydrogens is 292 g/mol. The van der Waals surface area contributed by atoms with Crippen LogP contribution in [-0.4, -0.2) is 30.0 Å². The minimum absolute atomic E-state index is 0.190. The van der Waals surface area contributed by atoms with Crippen molar-refractivity contribution in [1.82, 2.24) is 9.97 Å². The zero-order valence-corrected chi connectivity index (χ0v) is 13.4. The van der Waals surface area contributed by atoms with Crippen molar-refractivity contribution in [2.45, 2.75) is 6.92 Å². The summed E-state index contributed by atoms with van der Waals surface area (Å²) in [6, 6.07) is 3.44. The van der Waals surface area contributed by atoms with Gasteiger partial charge in [-0.3, -0.25) is 4.79 Å². The highest BCUT2D eigenvalue weighted by molar-refractivity contribution is 6.15. The van der Waals surface area contributed by atoms with Crippen molar-refractivity contribution in [2.24, 2.45) is 0 Å². The molecule has 0 saturated heterocycles. The van der Waals surface area contributed by atoms with Gasteiger partial charge in [0, 0.05) is 17.0 Å². The number of hydrogen-bond donors (Lipinski definition) is 0. The molecule has 23 heavy (non-hydrogen) atoms. The largest absolute Gasteiger partial charge is 0.493 e. The molecule has 0 amide bonds. The maximum absolute atomic E-state index is 12.7. The van der Waals surface area contributed by atoms with Crippen LogP contribution in [0.15, 0.2) is 54.9 Å². The van der Waals surface area contributed by atoms with E-state index in [2.05, 4.69) is 16.5 Å². The molecular formula is C18H18N2O3. The lowest BCUT2D eigenvalue weighted by Crippen LogP contribution is -2.06. The van der Waals surface area contributed by atoms with Gasteiger partial charge in [-0.15, -0.1) is 0 Å². The second kappa shape index (κ2) is 7.35. The molecule has 0 radical (unpaired) electrons. The van der Waals surface area contributed by atoms with E-state index in [1.807, 2.05) is 0 Å². The SMILES string of the molecule is C=C/C=C\C(=C/C)C(=O)c1ncnc2cc(OC)c(OC)cc12. The predicted molar refractivity (Wildman–Crippen MR) is 90.1 cm³/mol. The molecule has 5 nitrogen and oxygen atoms in total. The molecule has 1 heterocycles. The molecule has 0 bridgehead atoms. The summed E-state index contributed by atoms with van der Waals surface area (Å²) >= 11 is 0. The predicted octanol–water partition coefficient (Wildman–Crippen LogP) is 3.52. The number of allylic oxidation sites excluding steroid dienone is 5. The van der Waals surface area contributed by atoms with Crippen LogP contribution in [-0.2, 0) is 0 Å². The average Bonchev–Trinajstić information content (AvgIpc) is 2.60. The van der Waals surface area contributed by atoms with Gasteiger partial charge in [0.1, 0.15) is 12.0 Å². The Labute approximate surface area is 135 Å². The molecule has 1 aromatic carbocycles. The summed E-state index contributed by atoms with van der Waals surface area (Å²) in [5.41, 5.74) is 1.46. The van der Waals surface area contributed by atoms with E-state index in [9.17, 15) is 4.79 Å². The first-order chi connectivity index (χ1) is 11.2. The van der Waals surface area contributed by atoms with Gasteiger partial charge in [-0.1, -0.05) is 30.9 Å². The fourth-order valence-corrected chi connectivity index (χ4v) is 2.18. The Morgan fingerprint density at radius 3 is 2.48 bits per heavy atom. The van der Waals surface area contributed by atoms with Gasteiger partial charge in [0.2, 0.25) is 5.78 Å². The van der Waals surface area contributed by atoms with Crippen LogP contribution >= 0.6 is 0 Å². The molecule has 5 heteroatoms. The Morgan fingerprint density at radius 2 is 1.87 bits per heavy atom. The zero-order valence-electron chi connectivity index (χ0n) is 13.4. The molecule has 1 aromatic heterocycles. The molecule has 0 spiro atoms. The summed E-state index contributed by atoms with van der Waals surface area (Å²) in [4.78, 5) is 21.1. The molecule has 0 saturated carbocycles. The van der Waals surface area contributed by atoms with Crippen molar-refractivity contribution in [3.8, 4) is 11.5 Å². The summed E-state index contributed by atoms with van der Waals surface area (Å²) < 4.78 is 10.6. The van der Waals surface area contributed by atoms with E-state index in [1.54, 1.807) is 57.6 Å². The van der Waals surface area contributed by atoms with Crippen molar-refractivity contribution in [3.05, 3.63) is 60.6 Å². The van der Waals surface area contributed by atoms with Crippen molar-refractivity contribution < 1.29 is 14.3 Å². The van der Waals surface area contributed by atoms with Gasteiger partial charge in [0.15, 0.2) is 11.5 Å². The van der Waals surface area contributed by atoms with E-state index in [0.29, 0.717) is 33.7 Å². The Morgan fingerprint density at radius 1 is 1.17 bits per heavy atom. The number of carbonyl (C=O) groups excluding carboxylic acids is 1. The Kier molecular flexibility index (Phi) is 5.25. The quantitative estimate of drug-likeness (QED) is 0.464. The molecule has 0 atom stereocenters. The first-order valence-corrected chi connectivity index (χ1v) is 7.03. The number of methoxy groups -OCH3 is 2. The number of hydrogen-bond acceptors (Lipinski definition) is 5. The topological polar surface area (TPSA) is 61.3 Å². The van der Waals surface area contributed by atoms with E-state index < -0.39 is 0 Å². The number of rotatable bonds is 6. The van der Waals surface area contributed by atoms with Crippen molar-refractivity contribution in [2.75, 3.05) is 14.2 Å². The average molecular weight is 310 g/mol. The standard InChI is InChI=1S/C18H18N2O3/c1-5-7-8-12(6-2)18(21)17-13-9-15(22-3)16(23-4)10-14(13)19-11-20-17/h5-11H,1H2,2-4H3/b8-7-,12-6+. The number of aromatic nitrogens is 2. The van der Waals surface area contributed by atoms with Gasteiger partial charge >= 0.3 is 0 Å². The fraction of sp³-hybridized carbons (Fsp3) is 0.167. The second-order valence-electron chi connectivity index (χ2n) is 4.61. The molecule has 0 unspecified atom stereocenters. The highest BCUT2D eigenvalue weighted by Gasteiger charge is 2.17. The lowest BCUT2D eigenvalue weighted by Gasteiger charge is -2.10. The van der Waals surface area contributed by atoms with Crippen molar-refractivity contribution >= 4 is 16.7 Å². The van der Waals surface area contributed by atoms with E-state index in [1.165, 1.54) is 6.33 Å². The van der Waals surface area contributed by atoms with Crippen LogP contribution in [0.1, 0.15) is 17.4 Å². The summed E-state index contributed by atoms with van der Waals surface area (Å²) in [6.07, 6.45) is 8.12. The molecule has 2 rings (SSSR count). The molecule has 0 fully saturated rings. The molecule has 0 N–H and O–H groups in total. The first-order valence-electron chi connectivity index (χ1n) is 7.03. The number of benzene rings is 1. The van der Waals surface area contributed by atoms with E-state index >= 15 is 0 Å². The minimum atomic E-state index is -0.190. The third kappa shape index (κ3) is 3.29. The zero-order chi connectivity index (χ0) is 16.8. The highest BCUT2D eigenvalue weighted by atomic mass is 16.5. The Bertz CT molecular complexity index is 807. The van der Waals surface area contributed by atoms with Crippen LogP contribution in [0.4, 0.5) is 0 Å². The number of Topliss-reactive ketones (excluding diaryl/α,β-unsaturated/α-hetero) is 1. The number of fused-ring (bicyclic) bond motifs is 1. The highest BCUT2D eigenvalue weighted by Crippen LogP contribution is 2.32. The normalized spacial score (nSPS) is 11.7. The van der Waals surface area contributed by atoms with Crippen LogP contribution in [0.5, 0.6) is 11.5 Å². The lowest BCUT2D eigenvalue weighted by atomic mass is 10.0. The summed E-state index contributed by atoms with van der Waals surface area (Å²) in [5, 5.41) is 0.613. The van der Waals surface area contributed by atoms with Crippen LogP contribution < -0.4 is 9.47 Å². The molecule has 118 valence electrons. The van der Waals surface area contributed by atoms with Crippen LogP contribution in [0.3, 0.4) is 0 Å². The fourth-order valence-electron chi connectivity index (χ4n) is 2.18. The van der Waals surface area contributed by atoms with Crippen molar-refractivity contribution in [3.63, 3.8) is 0 Å². The molecule has 0 aliphatic carbocycles. The lowest BCUT2D eigenvalue weighted by molar-refractivity contribution is 0.103. The molecule has 2 aromatic rings. The van der Waals surface area contributed by atoms with Gasteiger partial charge in [-0.05, 0) is 13.0 Å². The van der Waals surface area contributed by atoms with Gasteiger partial charge in [-0.2, -0.15) is 0 Å². The maximum atomic E-state index is 12.7. The number of carbonyl (C=O) groups is 1. The molecule has 0 aliphatic heterocycles. The summed E-state index contributed by atoms with van der Waals surface area (Å²) in [6.45, 7) is 5.41. The first kappa shape index (κ1) is 16.4. The number of nitrogens with zero attached hydrogens (tertiary/aromatic N) is 2. The van der Waals surface area contributed by atoms with E-state index in [-0.39, 0.29) is 5.78 Å². The third-order valence-electron chi connectivity index (χ3n) is 3.34. The number of ether oxygens (including phenoxy) is 2. The van der Waals surface area contributed by atoms with E-state index in [4.69, 9.17) is 9.47 Å². The van der Waals surface area contributed by atoms with Gasteiger partial charge < -0.3 is 9.47 Å². The monoisotopic (exact) mass is 310 g/mol. The van der Waals surface area contributed by atoms with Crippen LogP contribution in [0, 0.1) is 0 Å². The van der Waals surface area contributed by atoms with Gasteiger partial charge in [0.25, 0.3) is 0 Å². The Balaban J connectivity index is 2.63. The van der Waals surface area contributed by atoms with Crippen LogP contribution in [0.2, 0.25) is 0 Å². The van der Waals surface area contributed by atoms with Crippen molar-refractivity contribution in [1.29, 1.82) is 0 Å². The minimum Gasteiger partial charge on any atom is -0.493 e. The maximum Gasteiger partial charge on any atom is 0.211 e. The smallest absolute Gasteiger partial charge is 0.211 e. The molecule has 0 aliphatic rings. The third-order valence-corrected chi connectivity index (χ3v) is 3.34. The van der Waals surface area contributed by atoms with E-state index in [0.717, 1.165) is 0 Å². The van der Waals surface area contributed by atoms with Gasteiger partial charge in [-0.25, -0.2) is 9.97 Å². The Hall–Kier alpha value is -2.95. The summed E-state index contributed by atoms with van der Waals surface area (Å²) in [7, 11) is 3.09. The van der Waals surface area contributed by atoms with Gasteiger partial charge in [0.05, 0.1) is 19.7 Å². The number of ketones is 1. The summed E-state index contributed by atoms with van der Waals surface area (Å²) in [5.74, 6) is 0.882. The second-order valence-corrected chi connectivity index (χ2v) is 4.61. The van der Waals surface area contributed by atoms with Crippen LogP contribution in [0.25, 0.3) is 10.9 Å².